The molecule has 0 aliphatic heterocycles. The van der Waals surface area contributed by atoms with Gasteiger partial charge in [-0.15, -0.1) is 0 Å². The van der Waals surface area contributed by atoms with Gasteiger partial charge >= 0.3 is 0 Å². The minimum absolute atomic E-state index is 0.678. The van der Waals surface area contributed by atoms with Crippen LogP contribution in [-0.2, 0) is 0 Å². The van der Waals surface area contributed by atoms with E-state index in [1.54, 1.807) is 0 Å². The molecule has 1 aliphatic carbocycles. The Morgan fingerprint density at radius 2 is 1.91 bits per heavy atom. The molecule has 1 aromatic heterocycles. The number of hydrogen-bond acceptors (Lipinski definition) is 3. The number of aryl methyl sites for hydroxylation is 1. The lowest BCUT2D eigenvalue weighted by Crippen LogP contribution is -2.15. The molecule has 0 atom stereocenters. The van der Waals surface area contributed by atoms with Gasteiger partial charge in [0.05, 0.1) is 11.1 Å². The number of aromatic nitrogens is 2. The van der Waals surface area contributed by atoms with Crippen molar-refractivity contribution in [3.63, 3.8) is 0 Å². The molecule has 1 aliphatic rings. The molecule has 1 heterocycles. The summed E-state index contributed by atoms with van der Waals surface area (Å²) >= 11 is 3.60. The summed E-state index contributed by atoms with van der Waals surface area (Å²) in [6, 6.07) is 6.03. The fourth-order valence-electron chi connectivity index (χ4n) is 2.67. The Balaban J connectivity index is 1.67. The van der Waals surface area contributed by atoms with Crippen LogP contribution in [-0.4, -0.2) is 16.6 Å². The average molecular weight is 360 g/mol. The summed E-state index contributed by atoms with van der Waals surface area (Å²) in [6.07, 6.45) is 11.0. The Bertz CT molecular complexity index is 621. The molecule has 0 N–H and O–H groups in total. The molecule has 1 aromatic carbocycles. The van der Waals surface area contributed by atoms with Gasteiger partial charge in [0.2, 0.25) is 0 Å². The molecule has 115 valence electrons. The summed E-state index contributed by atoms with van der Waals surface area (Å²) in [5.74, 6) is 2.31. The predicted molar refractivity (Wildman–Crippen MR) is 91.7 cm³/mol. The third kappa shape index (κ3) is 3.86. The van der Waals surface area contributed by atoms with Gasteiger partial charge in [-0.3, -0.25) is 0 Å². The van der Waals surface area contributed by atoms with Crippen molar-refractivity contribution in [3.05, 3.63) is 47.0 Å². The first-order valence-corrected chi connectivity index (χ1v) is 8.55. The molecule has 4 heteroatoms. The minimum atomic E-state index is 0.678. The van der Waals surface area contributed by atoms with Gasteiger partial charge in [-0.25, -0.2) is 9.97 Å². The average Bonchev–Trinajstić information content (AvgIpc) is 2.55. The van der Waals surface area contributed by atoms with Gasteiger partial charge in [0.15, 0.2) is 5.82 Å². The molecule has 0 saturated heterocycles. The van der Waals surface area contributed by atoms with Crippen LogP contribution in [0.4, 0.5) is 0 Å². The Morgan fingerprint density at radius 1 is 1.18 bits per heavy atom. The van der Waals surface area contributed by atoms with Gasteiger partial charge in [0.1, 0.15) is 5.75 Å². The normalized spacial score (nSPS) is 15.7. The highest BCUT2D eigenvalue weighted by Crippen LogP contribution is 2.31. The quantitative estimate of drug-likeness (QED) is 0.771. The molecular formula is C18H20BrN2O. The summed E-state index contributed by atoms with van der Waals surface area (Å²) in [5.41, 5.74) is 2.05. The number of halogens is 1. The van der Waals surface area contributed by atoms with Crippen molar-refractivity contribution in [1.82, 2.24) is 9.97 Å². The summed E-state index contributed by atoms with van der Waals surface area (Å²) < 4.78 is 6.94. The fraction of sp³-hybridized carbons (Fsp3) is 0.389. The van der Waals surface area contributed by atoms with Gasteiger partial charge in [-0.1, -0.05) is 0 Å². The molecule has 3 rings (SSSR count). The molecule has 0 bridgehead atoms. The van der Waals surface area contributed by atoms with Gasteiger partial charge in [0, 0.05) is 18.0 Å². The van der Waals surface area contributed by atoms with Crippen LogP contribution in [0.1, 0.15) is 31.2 Å². The van der Waals surface area contributed by atoms with E-state index in [2.05, 4.69) is 32.3 Å². The lowest BCUT2D eigenvalue weighted by atomic mass is 9.90. The highest BCUT2D eigenvalue weighted by molar-refractivity contribution is 9.10. The van der Waals surface area contributed by atoms with Gasteiger partial charge in [-0.05, 0) is 84.6 Å². The van der Waals surface area contributed by atoms with Crippen LogP contribution in [0.2, 0.25) is 0 Å². The number of rotatable bonds is 4. The number of ether oxygens (including phenoxy) is 1. The second kappa shape index (κ2) is 7.23. The second-order valence-corrected chi connectivity index (χ2v) is 6.70. The van der Waals surface area contributed by atoms with Gasteiger partial charge < -0.3 is 4.74 Å². The van der Waals surface area contributed by atoms with Crippen molar-refractivity contribution >= 4 is 15.9 Å². The Labute approximate surface area is 140 Å². The van der Waals surface area contributed by atoms with Crippen molar-refractivity contribution in [2.45, 2.75) is 32.6 Å². The first-order chi connectivity index (χ1) is 10.7. The van der Waals surface area contributed by atoms with Gasteiger partial charge in [-0.2, -0.15) is 0 Å². The lowest BCUT2D eigenvalue weighted by Gasteiger charge is -2.21. The van der Waals surface area contributed by atoms with Crippen molar-refractivity contribution in [2.75, 3.05) is 6.61 Å². The maximum absolute atomic E-state index is 5.98. The molecular weight excluding hydrogens is 340 g/mol. The molecule has 0 amide bonds. The zero-order chi connectivity index (χ0) is 15.4. The van der Waals surface area contributed by atoms with E-state index < -0.39 is 0 Å². The van der Waals surface area contributed by atoms with Gasteiger partial charge in [0.25, 0.3) is 0 Å². The third-order valence-corrected chi connectivity index (χ3v) is 4.62. The van der Waals surface area contributed by atoms with E-state index in [0.717, 1.165) is 33.8 Å². The van der Waals surface area contributed by atoms with E-state index in [-0.39, 0.29) is 0 Å². The fourth-order valence-corrected chi connectivity index (χ4v) is 3.16. The lowest BCUT2D eigenvalue weighted by molar-refractivity contribution is 0.220. The summed E-state index contributed by atoms with van der Waals surface area (Å²) in [7, 11) is 0. The predicted octanol–water partition coefficient (Wildman–Crippen LogP) is 4.99. The zero-order valence-corrected chi connectivity index (χ0v) is 14.3. The molecule has 0 unspecified atom stereocenters. The maximum atomic E-state index is 5.98. The van der Waals surface area contributed by atoms with Crippen molar-refractivity contribution in [1.29, 1.82) is 0 Å². The summed E-state index contributed by atoms with van der Waals surface area (Å²) in [5, 5.41) is 0. The van der Waals surface area contributed by atoms with Crippen molar-refractivity contribution in [3.8, 4) is 17.1 Å². The maximum Gasteiger partial charge on any atom is 0.159 e. The highest BCUT2D eigenvalue weighted by Gasteiger charge is 2.15. The summed E-state index contributed by atoms with van der Waals surface area (Å²) in [4.78, 5) is 8.72. The molecule has 1 radical (unpaired) electrons. The van der Waals surface area contributed by atoms with Crippen LogP contribution in [0.15, 0.2) is 35.1 Å². The van der Waals surface area contributed by atoms with E-state index in [9.17, 15) is 0 Å². The van der Waals surface area contributed by atoms with Crippen LogP contribution in [0, 0.1) is 19.3 Å². The number of benzene rings is 1. The first kappa shape index (κ1) is 15.5. The highest BCUT2D eigenvalue weighted by atomic mass is 79.9. The molecule has 0 spiro atoms. The monoisotopic (exact) mass is 359 g/mol. The topological polar surface area (TPSA) is 35.0 Å². The Hall–Kier alpha value is -1.42. The van der Waals surface area contributed by atoms with E-state index in [4.69, 9.17) is 4.74 Å². The molecule has 2 aromatic rings. The van der Waals surface area contributed by atoms with E-state index in [0.29, 0.717) is 5.92 Å². The van der Waals surface area contributed by atoms with Crippen LogP contribution in [0.5, 0.6) is 5.75 Å². The Kier molecular flexibility index (Phi) is 5.08. The minimum Gasteiger partial charge on any atom is -0.492 e. The van der Waals surface area contributed by atoms with Crippen LogP contribution >= 0.6 is 15.9 Å². The van der Waals surface area contributed by atoms with Crippen LogP contribution < -0.4 is 4.74 Å². The zero-order valence-electron chi connectivity index (χ0n) is 12.8. The Morgan fingerprint density at radius 3 is 2.59 bits per heavy atom. The first-order valence-electron chi connectivity index (χ1n) is 7.75. The van der Waals surface area contributed by atoms with Crippen molar-refractivity contribution < 1.29 is 4.74 Å². The molecule has 22 heavy (non-hydrogen) atoms. The third-order valence-electron chi connectivity index (χ3n) is 4.00. The molecule has 1 saturated carbocycles. The van der Waals surface area contributed by atoms with E-state index in [1.165, 1.54) is 25.7 Å². The van der Waals surface area contributed by atoms with Crippen LogP contribution in [0.3, 0.4) is 0 Å². The van der Waals surface area contributed by atoms with E-state index in [1.807, 2.05) is 37.5 Å². The van der Waals surface area contributed by atoms with Crippen LogP contribution in [0.25, 0.3) is 11.4 Å². The number of nitrogens with zero attached hydrogens (tertiary/aromatic N) is 2. The smallest absolute Gasteiger partial charge is 0.159 e. The molecule has 3 nitrogen and oxygen atoms in total. The van der Waals surface area contributed by atoms with E-state index >= 15 is 0 Å². The largest absolute Gasteiger partial charge is 0.492 e. The van der Waals surface area contributed by atoms with Crippen molar-refractivity contribution in [2.24, 2.45) is 5.92 Å². The SMILES string of the molecule is Cc1cnc(-c2ccc(OCC3CC[CH]CC3)c(Br)c2)nc1. The number of hydrogen-bond donors (Lipinski definition) is 0. The summed E-state index contributed by atoms with van der Waals surface area (Å²) in [6.45, 7) is 2.78. The molecule has 1 fully saturated rings. The second-order valence-electron chi connectivity index (χ2n) is 5.85. The standard InChI is InChI=1S/C18H20BrN2O/c1-13-10-20-18(21-11-13)15-7-8-17(16(19)9-15)22-12-14-5-3-2-4-6-14/h2,7-11,14H,3-6,12H2,1H3.